The van der Waals surface area contributed by atoms with Crippen molar-refractivity contribution >= 4 is 11.7 Å². The normalized spacial score (nSPS) is 14.3. The number of esters is 1. The van der Waals surface area contributed by atoms with E-state index >= 15 is 0 Å². The minimum Gasteiger partial charge on any atom is -0.495 e. The van der Waals surface area contributed by atoms with Crippen LogP contribution in [0.3, 0.4) is 0 Å². The van der Waals surface area contributed by atoms with Crippen LogP contribution >= 0.6 is 0 Å². The van der Waals surface area contributed by atoms with Crippen LogP contribution in [0.15, 0.2) is 42.7 Å². The van der Waals surface area contributed by atoms with Gasteiger partial charge in [-0.3, -0.25) is 9.78 Å². The van der Waals surface area contributed by atoms with Crippen LogP contribution in [-0.4, -0.2) is 31.7 Å². The summed E-state index contributed by atoms with van der Waals surface area (Å²) in [6.07, 6.45) is 4.75. The van der Waals surface area contributed by atoms with Crippen LogP contribution in [0.1, 0.15) is 23.6 Å². The molecule has 0 saturated carbocycles. The monoisotopic (exact) mass is 312 g/mol. The van der Waals surface area contributed by atoms with E-state index in [1.807, 2.05) is 24.3 Å². The van der Waals surface area contributed by atoms with Gasteiger partial charge in [0.2, 0.25) is 0 Å². The minimum absolute atomic E-state index is 0.117. The van der Waals surface area contributed by atoms with Crippen LogP contribution in [-0.2, 0) is 16.0 Å². The van der Waals surface area contributed by atoms with Crippen LogP contribution in [0.2, 0.25) is 0 Å². The van der Waals surface area contributed by atoms with Crippen LogP contribution < -0.4 is 9.64 Å². The molecule has 23 heavy (non-hydrogen) atoms. The van der Waals surface area contributed by atoms with Crippen molar-refractivity contribution in [3.05, 3.63) is 53.9 Å². The highest BCUT2D eigenvalue weighted by Gasteiger charge is 2.31. The molecule has 1 atom stereocenters. The quantitative estimate of drug-likeness (QED) is 0.795. The van der Waals surface area contributed by atoms with Crippen molar-refractivity contribution in [1.82, 2.24) is 4.98 Å². The first-order valence-corrected chi connectivity index (χ1v) is 7.64. The number of para-hydroxylation sites is 1. The number of rotatable bonds is 5. The predicted molar refractivity (Wildman–Crippen MR) is 87.7 cm³/mol. The Kier molecular flexibility index (Phi) is 4.46. The Morgan fingerprint density at radius 3 is 2.87 bits per heavy atom. The number of hydrogen-bond acceptors (Lipinski definition) is 5. The second-order valence-corrected chi connectivity index (χ2v) is 5.49. The lowest BCUT2D eigenvalue weighted by Gasteiger charge is -2.30. The molecule has 1 aromatic carbocycles. The van der Waals surface area contributed by atoms with E-state index in [2.05, 4.69) is 16.0 Å². The van der Waals surface area contributed by atoms with Crippen molar-refractivity contribution < 1.29 is 14.3 Å². The van der Waals surface area contributed by atoms with E-state index in [9.17, 15) is 4.79 Å². The average molecular weight is 312 g/mol. The molecule has 120 valence electrons. The van der Waals surface area contributed by atoms with Gasteiger partial charge in [-0.15, -0.1) is 0 Å². The number of anilines is 1. The zero-order chi connectivity index (χ0) is 16.2. The van der Waals surface area contributed by atoms with E-state index in [1.54, 1.807) is 19.5 Å². The highest BCUT2D eigenvalue weighted by Crippen LogP contribution is 2.42. The maximum Gasteiger partial charge on any atom is 0.307 e. The molecule has 3 rings (SSSR count). The van der Waals surface area contributed by atoms with Gasteiger partial charge in [0.25, 0.3) is 0 Å². The Morgan fingerprint density at radius 2 is 2.17 bits per heavy atom. The molecular formula is C18H20N2O3. The third-order valence-electron chi connectivity index (χ3n) is 4.24. The first-order chi connectivity index (χ1) is 11.2. The number of ether oxygens (including phenoxy) is 2. The predicted octanol–water partition coefficient (Wildman–Crippen LogP) is 2.76. The number of methoxy groups -OCH3 is 2. The highest BCUT2D eigenvalue weighted by atomic mass is 16.5. The second-order valence-electron chi connectivity index (χ2n) is 5.49. The maximum atomic E-state index is 11.9. The van der Waals surface area contributed by atoms with Crippen LogP contribution in [0.4, 0.5) is 5.69 Å². The van der Waals surface area contributed by atoms with Gasteiger partial charge in [0, 0.05) is 18.9 Å². The second kappa shape index (κ2) is 6.69. The molecule has 0 spiro atoms. The van der Waals surface area contributed by atoms with Gasteiger partial charge in [0.05, 0.1) is 32.4 Å². The lowest BCUT2D eigenvalue weighted by Crippen LogP contribution is -2.29. The zero-order valence-electron chi connectivity index (χ0n) is 13.4. The number of nitrogens with zero attached hydrogens (tertiary/aromatic N) is 2. The van der Waals surface area contributed by atoms with Gasteiger partial charge < -0.3 is 14.4 Å². The van der Waals surface area contributed by atoms with Crippen molar-refractivity contribution in [2.45, 2.75) is 18.9 Å². The van der Waals surface area contributed by atoms with Gasteiger partial charge in [-0.2, -0.15) is 0 Å². The summed E-state index contributed by atoms with van der Waals surface area (Å²) in [7, 11) is 3.09. The maximum absolute atomic E-state index is 11.9. The van der Waals surface area contributed by atoms with Crippen molar-refractivity contribution in [3.8, 4) is 5.75 Å². The number of pyridine rings is 1. The fourth-order valence-corrected chi connectivity index (χ4v) is 3.15. The standard InChI is InChI=1S/C18H20N2O3/c1-22-16-7-3-5-13-8-10-20(18(13)16)15(11-17(21)23-2)14-6-4-9-19-12-14/h3-7,9,12,15H,8,10-11H2,1-2H3. The summed E-state index contributed by atoms with van der Waals surface area (Å²) in [5.41, 5.74) is 3.30. The lowest BCUT2D eigenvalue weighted by atomic mass is 10.0. The molecule has 0 amide bonds. The first kappa shape index (κ1) is 15.3. The molecule has 1 aromatic heterocycles. The van der Waals surface area contributed by atoms with Crippen molar-refractivity contribution in [2.24, 2.45) is 0 Å². The van der Waals surface area contributed by atoms with Gasteiger partial charge in [-0.25, -0.2) is 0 Å². The number of hydrogen-bond donors (Lipinski definition) is 0. The molecule has 2 heterocycles. The Balaban J connectivity index is 2.01. The SMILES string of the molecule is COC(=O)CC(c1cccnc1)N1CCc2cccc(OC)c21. The molecule has 1 aliphatic heterocycles. The lowest BCUT2D eigenvalue weighted by molar-refractivity contribution is -0.141. The number of aromatic nitrogens is 1. The first-order valence-electron chi connectivity index (χ1n) is 7.64. The van der Waals surface area contributed by atoms with Gasteiger partial charge in [-0.1, -0.05) is 18.2 Å². The third kappa shape index (κ3) is 2.99. The summed E-state index contributed by atoms with van der Waals surface area (Å²) in [6.45, 7) is 0.840. The van der Waals surface area contributed by atoms with Crippen molar-refractivity contribution in [2.75, 3.05) is 25.7 Å². The molecule has 1 aliphatic rings. The minimum atomic E-state index is -0.234. The van der Waals surface area contributed by atoms with Crippen molar-refractivity contribution in [3.63, 3.8) is 0 Å². The fraction of sp³-hybridized carbons (Fsp3) is 0.333. The van der Waals surface area contributed by atoms with Gasteiger partial charge in [-0.05, 0) is 29.7 Å². The largest absolute Gasteiger partial charge is 0.495 e. The van der Waals surface area contributed by atoms with Crippen LogP contribution in [0.5, 0.6) is 5.75 Å². The van der Waals surface area contributed by atoms with E-state index in [0.29, 0.717) is 0 Å². The number of benzene rings is 1. The van der Waals surface area contributed by atoms with Crippen LogP contribution in [0.25, 0.3) is 0 Å². The number of carbonyl (C=O) groups excluding carboxylic acids is 1. The molecule has 5 nitrogen and oxygen atoms in total. The molecule has 5 heteroatoms. The third-order valence-corrected chi connectivity index (χ3v) is 4.24. The number of fused-ring (bicyclic) bond motifs is 1. The van der Waals surface area contributed by atoms with Gasteiger partial charge in [0.15, 0.2) is 0 Å². The number of carbonyl (C=O) groups is 1. The molecule has 0 fully saturated rings. The summed E-state index contributed by atoms with van der Waals surface area (Å²) in [6, 6.07) is 9.83. The molecule has 0 bridgehead atoms. The molecular weight excluding hydrogens is 292 g/mol. The molecule has 1 unspecified atom stereocenters. The Hall–Kier alpha value is -2.56. The van der Waals surface area contributed by atoms with E-state index in [-0.39, 0.29) is 18.4 Å². The smallest absolute Gasteiger partial charge is 0.307 e. The van der Waals surface area contributed by atoms with Crippen molar-refractivity contribution in [1.29, 1.82) is 0 Å². The van der Waals surface area contributed by atoms with E-state index < -0.39 is 0 Å². The van der Waals surface area contributed by atoms with E-state index in [0.717, 1.165) is 30.0 Å². The van der Waals surface area contributed by atoms with Gasteiger partial charge in [0.1, 0.15) is 5.75 Å². The summed E-state index contributed by atoms with van der Waals surface area (Å²) in [4.78, 5) is 18.3. The zero-order valence-corrected chi connectivity index (χ0v) is 13.4. The van der Waals surface area contributed by atoms with E-state index in [1.165, 1.54) is 12.7 Å². The molecule has 0 aliphatic carbocycles. The average Bonchev–Trinajstić information content (AvgIpc) is 3.04. The molecule has 2 aromatic rings. The molecule has 0 saturated heterocycles. The van der Waals surface area contributed by atoms with E-state index in [4.69, 9.17) is 9.47 Å². The Labute approximate surface area is 135 Å². The van der Waals surface area contributed by atoms with Gasteiger partial charge >= 0.3 is 5.97 Å². The Bertz CT molecular complexity index is 688. The Morgan fingerprint density at radius 1 is 1.30 bits per heavy atom. The topological polar surface area (TPSA) is 51.7 Å². The van der Waals surface area contributed by atoms with Crippen LogP contribution in [0, 0.1) is 0 Å². The summed E-state index contributed by atoms with van der Waals surface area (Å²) in [5.74, 6) is 0.598. The highest BCUT2D eigenvalue weighted by molar-refractivity contribution is 5.73. The summed E-state index contributed by atoms with van der Waals surface area (Å²) < 4.78 is 10.4. The molecule has 0 radical (unpaired) electrons. The summed E-state index contributed by atoms with van der Waals surface area (Å²) >= 11 is 0. The fourth-order valence-electron chi connectivity index (χ4n) is 3.15. The molecule has 0 N–H and O–H groups in total. The summed E-state index contributed by atoms with van der Waals surface area (Å²) in [5, 5.41) is 0.